The van der Waals surface area contributed by atoms with Gasteiger partial charge >= 0.3 is 6.03 Å². The van der Waals surface area contributed by atoms with Gasteiger partial charge in [-0.1, -0.05) is 18.2 Å². The van der Waals surface area contributed by atoms with E-state index in [1.54, 1.807) is 36.4 Å². The molecule has 0 spiro atoms. The molecule has 0 aliphatic carbocycles. The third kappa shape index (κ3) is 3.00. The Labute approximate surface area is 145 Å². The second kappa shape index (κ2) is 6.08. The fraction of sp³-hybridized carbons (Fsp3) is 0.278. The minimum Gasteiger partial charge on any atom is -0.477 e. The first-order valence-corrected chi connectivity index (χ1v) is 7.85. The topological polar surface area (TPSA) is 79.0 Å². The van der Waals surface area contributed by atoms with Gasteiger partial charge in [0, 0.05) is 7.05 Å². The normalized spacial score (nSPS) is 23.2. The SMILES string of the molecule is CN1/C(=C/C=C2\C(=O)NC(=O)N(c3ccccc3)C2=O)OCC1(C)C. The molecule has 0 bridgehead atoms. The van der Waals surface area contributed by atoms with Gasteiger partial charge in [0.25, 0.3) is 11.8 Å². The average Bonchev–Trinajstić information content (AvgIpc) is 2.82. The standard InChI is InChI=1S/C18H19N3O4/c1-18(2)11-25-14(20(18)3)10-9-13-15(22)19-17(24)21(16(13)23)12-7-5-4-6-8-12/h4-10H,11H2,1-3H3,(H,19,22,24)/b13-9+,14-10-. The number of urea groups is 1. The number of rotatable bonds is 2. The number of anilines is 1. The Morgan fingerprint density at radius 1 is 1.12 bits per heavy atom. The molecule has 1 N–H and O–H groups in total. The second-order valence-electron chi connectivity index (χ2n) is 6.48. The van der Waals surface area contributed by atoms with Gasteiger partial charge in [-0.15, -0.1) is 0 Å². The van der Waals surface area contributed by atoms with Crippen LogP contribution in [-0.4, -0.2) is 41.9 Å². The summed E-state index contributed by atoms with van der Waals surface area (Å²) in [5, 5.41) is 2.19. The molecule has 2 aliphatic heterocycles. The number of para-hydroxylation sites is 1. The van der Waals surface area contributed by atoms with Gasteiger partial charge in [-0.3, -0.25) is 14.9 Å². The zero-order chi connectivity index (χ0) is 18.2. The molecular weight excluding hydrogens is 322 g/mol. The number of carbonyl (C=O) groups is 3. The van der Waals surface area contributed by atoms with E-state index in [-0.39, 0.29) is 11.1 Å². The quantitative estimate of drug-likeness (QED) is 0.655. The van der Waals surface area contributed by atoms with E-state index in [0.717, 1.165) is 4.90 Å². The van der Waals surface area contributed by atoms with E-state index in [1.165, 1.54) is 6.08 Å². The van der Waals surface area contributed by atoms with Crippen LogP contribution in [0, 0.1) is 0 Å². The van der Waals surface area contributed by atoms with Gasteiger partial charge in [0.1, 0.15) is 12.2 Å². The van der Waals surface area contributed by atoms with Crippen LogP contribution in [0.4, 0.5) is 10.5 Å². The maximum Gasteiger partial charge on any atom is 0.335 e. The van der Waals surface area contributed by atoms with Gasteiger partial charge in [0.15, 0.2) is 5.88 Å². The van der Waals surface area contributed by atoms with E-state index < -0.39 is 17.8 Å². The predicted molar refractivity (Wildman–Crippen MR) is 91.4 cm³/mol. The monoisotopic (exact) mass is 341 g/mol. The Bertz CT molecular complexity index is 796. The Morgan fingerprint density at radius 3 is 2.40 bits per heavy atom. The molecule has 2 heterocycles. The van der Waals surface area contributed by atoms with Crippen molar-refractivity contribution in [2.75, 3.05) is 18.6 Å². The molecule has 1 aromatic carbocycles. The first-order chi connectivity index (χ1) is 11.8. The van der Waals surface area contributed by atoms with E-state index in [4.69, 9.17) is 4.74 Å². The van der Waals surface area contributed by atoms with Gasteiger partial charge in [0.2, 0.25) is 0 Å². The molecule has 7 nitrogen and oxygen atoms in total. The molecule has 130 valence electrons. The summed E-state index contributed by atoms with van der Waals surface area (Å²) in [5.41, 5.74) is 0.0963. The van der Waals surface area contributed by atoms with E-state index in [2.05, 4.69) is 5.32 Å². The maximum atomic E-state index is 12.7. The summed E-state index contributed by atoms with van der Waals surface area (Å²) >= 11 is 0. The van der Waals surface area contributed by atoms with E-state index >= 15 is 0 Å². The number of nitrogens with zero attached hydrogens (tertiary/aromatic N) is 2. The maximum absolute atomic E-state index is 12.7. The number of benzene rings is 1. The van der Waals surface area contributed by atoms with Crippen molar-refractivity contribution in [2.24, 2.45) is 0 Å². The number of nitrogens with one attached hydrogen (secondary N) is 1. The Balaban J connectivity index is 1.92. The number of ether oxygens (including phenoxy) is 1. The van der Waals surface area contributed by atoms with Crippen molar-refractivity contribution in [2.45, 2.75) is 19.4 Å². The van der Waals surface area contributed by atoms with Crippen LogP contribution in [-0.2, 0) is 14.3 Å². The molecule has 0 unspecified atom stereocenters. The van der Waals surface area contributed by atoms with Crippen molar-refractivity contribution in [3.8, 4) is 0 Å². The van der Waals surface area contributed by atoms with Gasteiger partial charge in [0.05, 0.1) is 11.2 Å². The van der Waals surface area contributed by atoms with Gasteiger partial charge < -0.3 is 9.64 Å². The van der Waals surface area contributed by atoms with Gasteiger partial charge in [-0.05, 0) is 38.1 Å². The lowest BCUT2D eigenvalue weighted by molar-refractivity contribution is -0.122. The number of barbiturate groups is 1. The summed E-state index contributed by atoms with van der Waals surface area (Å²) in [6, 6.07) is 7.68. The number of amides is 4. The Morgan fingerprint density at radius 2 is 1.80 bits per heavy atom. The Kier molecular flexibility index (Phi) is 4.08. The lowest BCUT2D eigenvalue weighted by Gasteiger charge is -2.26. The van der Waals surface area contributed by atoms with Crippen LogP contribution in [0.3, 0.4) is 0 Å². The summed E-state index contributed by atoms with van der Waals surface area (Å²) in [6.07, 6.45) is 2.95. The van der Waals surface area contributed by atoms with Crippen molar-refractivity contribution in [1.82, 2.24) is 10.2 Å². The van der Waals surface area contributed by atoms with Crippen molar-refractivity contribution >= 4 is 23.5 Å². The number of imide groups is 2. The smallest absolute Gasteiger partial charge is 0.335 e. The Hall–Kier alpha value is -3.09. The second-order valence-corrected chi connectivity index (χ2v) is 6.48. The molecule has 1 aromatic rings. The molecule has 0 radical (unpaired) electrons. The van der Waals surface area contributed by atoms with E-state index in [1.807, 2.05) is 25.8 Å². The molecule has 4 amide bonds. The number of allylic oxidation sites excluding steroid dienone is 2. The third-order valence-corrected chi connectivity index (χ3v) is 4.32. The molecule has 3 rings (SSSR count). The van der Waals surface area contributed by atoms with Crippen molar-refractivity contribution in [3.05, 3.63) is 53.9 Å². The molecule has 25 heavy (non-hydrogen) atoms. The first kappa shape index (κ1) is 16.8. The van der Waals surface area contributed by atoms with Crippen molar-refractivity contribution in [3.63, 3.8) is 0 Å². The summed E-state index contributed by atoms with van der Waals surface area (Å²) < 4.78 is 5.59. The predicted octanol–water partition coefficient (Wildman–Crippen LogP) is 1.78. The van der Waals surface area contributed by atoms with Crippen LogP contribution >= 0.6 is 0 Å². The van der Waals surface area contributed by atoms with Crippen molar-refractivity contribution in [1.29, 1.82) is 0 Å². The molecular formula is C18H19N3O4. The zero-order valence-corrected chi connectivity index (χ0v) is 14.3. The van der Waals surface area contributed by atoms with Gasteiger partial charge in [-0.2, -0.15) is 0 Å². The van der Waals surface area contributed by atoms with Gasteiger partial charge in [-0.25, -0.2) is 9.69 Å². The molecule has 2 aliphatic rings. The largest absolute Gasteiger partial charge is 0.477 e. The molecule has 0 aromatic heterocycles. The highest BCUT2D eigenvalue weighted by molar-refractivity contribution is 6.37. The lowest BCUT2D eigenvalue weighted by atomic mass is 10.1. The van der Waals surface area contributed by atoms with Crippen LogP contribution < -0.4 is 10.2 Å². The minimum atomic E-state index is -0.763. The van der Waals surface area contributed by atoms with E-state index in [0.29, 0.717) is 18.2 Å². The summed E-state index contributed by atoms with van der Waals surface area (Å²) in [5.74, 6) is -0.836. The molecule has 7 heteroatoms. The minimum absolute atomic E-state index is 0.127. The lowest BCUT2D eigenvalue weighted by Crippen LogP contribution is -2.54. The third-order valence-electron chi connectivity index (χ3n) is 4.32. The van der Waals surface area contributed by atoms with Crippen LogP contribution in [0.25, 0.3) is 0 Å². The zero-order valence-electron chi connectivity index (χ0n) is 14.3. The van der Waals surface area contributed by atoms with E-state index in [9.17, 15) is 14.4 Å². The molecule has 2 saturated heterocycles. The molecule has 2 fully saturated rings. The summed E-state index contributed by atoms with van der Waals surface area (Å²) in [4.78, 5) is 39.6. The average molecular weight is 341 g/mol. The summed E-state index contributed by atoms with van der Waals surface area (Å²) in [7, 11) is 1.87. The number of hydrogen-bond acceptors (Lipinski definition) is 5. The highest BCUT2D eigenvalue weighted by atomic mass is 16.5. The number of likely N-dealkylation sites (N-methyl/N-ethyl adjacent to an activating group) is 1. The molecule has 0 saturated carbocycles. The fourth-order valence-electron chi connectivity index (χ4n) is 2.55. The van der Waals surface area contributed by atoms with Crippen LogP contribution in [0.1, 0.15) is 13.8 Å². The summed E-state index contributed by atoms with van der Waals surface area (Å²) in [6.45, 7) is 4.55. The number of hydrogen-bond donors (Lipinski definition) is 1. The van der Waals surface area contributed by atoms with Crippen LogP contribution in [0.2, 0.25) is 0 Å². The molecule has 0 atom stereocenters. The highest BCUT2D eigenvalue weighted by Gasteiger charge is 2.37. The fourth-order valence-corrected chi connectivity index (χ4v) is 2.55. The van der Waals surface area contributed by atoms with Crippen molar-refractivity contribution < 1.29 is 19.1 Å². The number of carbonyl (C=O) groups excluding carboxylic acids is 3. The van der Waals surface area contributed by atoms with Crippen LogP contribution in [0.5, 0.6) is 0 Å². The highest BCUT2D eigenvalue weighted by Crippen LogP contribution is 2.27. The first-order valence-electron chi connectivity index (χ1n) is 7.85. The van der Waals surface area contributed by atoms with Crippen LogP contribution in [0.15, 0.2) is 53.9 Å².